The Hall–Kier alpha value is -2.01. The first-order chi connectivity index (χ1) is 9.52. The normalized spacial score (nSPS) is 12.6. The summed E-state index contributed by atoms with van der Waals surface area (Å²) >= 11 is 0. The summed E-state index contributed by atoms with van der Waals surface area (Å²) in [5, 5.41) is 23.6. The number of aromatic nitrogens is 1. The Morgan fingerprint density at radius 1 is 1.35 bits per heavy atom. The first-order valence-electron chi connectivity index (χ1n) is 6.81. The Morgan fingerprint density at radius 2 is 2.10 bits per heavy atom. The van der Waals surface area contributed by atoms with Crippen molar-refractivity contribution in [3.05, 3.63) is 23.9 Å². The maximum Gasteiger partial charge on any atom is 0.167 e. The Balaban J connectivity index is 2.41. The van der Waals surface area contributed by atoms with Gasteiger partial charge in [-0.1, -0.05) is 0 Å². The van der Waals surface area contributed by atoms with Crippen LogP contribution in [0.1, 0.15) is 25.5 Å². The van der Waals surface area contributed by atoms with Crippen LogP contribution < -0.4 is 11.1 Å². The van der Waals surface area contributed by atoms with Crippen LogP contribution in [0.25, 0.3) is 10.9 Å². The molecule has 5 heteroatoms. The molecule has 0 aliphatic rings. The lowest BCUT2D eigenvalue weighted by atomic mass is 10.1. The van der Waals surface area contributed by atoms with Crippen molar-refractivity contribution in [3.8, 4) is 11.5 Å². The molecule has 1 aromatic carbocycles. The number of fused-ring (bicyclic) bond motifs is 1. The number of aromatic hydroxyl groups is 2. The number of hydrogen-bond donors (Lipinski definition) is 4. The van der Waals surface area contributed by atoms with Gasteiger partial charge in [-0.15, -0.1) is 0 Å². The average molecular weight is 275 g/mol. The topological polar surface area (TPSA) is 91.4 Å². The molecule has 5 N–H and O–H groups in total. The summed E-state index contributed by atoms with van der Waals surface area (Å²) in [5.41, 5.74) is 7.76. The maximum absolute atomic E-state index is 9.91. The van der Waals surface area contributed by atoms with E-state index in [1.807, 2.05) is 13.0 Å². The Kier molecular flexibility index (Phi) is 4.29. The highest BCUT2D eigenvalue weighted by Gasteiger charge is 2.13. The maximum atomic E-state index is 9.91. The third-order valence-electron chi connectivity index (χ3n) is 3.31. The quantitative estimate of drug-likeness (QED) is 0.497. The summed E-state index contributed by atoms with van der Waals surface area (Å²) in [4.78, 5) is 4.45. The second-order valence-corrected chi connectivity index (χ2v) is 5.12. The van der Waals surface area contributed by atoms with Crippen LogP contribution in [-0.2, 0) is 0 Å². The lowest BCUT2D eigenvalue weighted by molar-refractivity contribution is 0.408. The Bertz CT molecular complexity index is 614. The van der Waals surface area contributed by atoms with Gasteiger partial charge in [-0.05, 0) is 45.4 Å². The molecular formula is C15H21N3O2. The van der Waals surface area contributed by atoms with E-state index in [2.05, 4.69) is 17.2 Å². The van der Waals surface area contributed by atoms with Crippen LogP contribution in [0, 0.1) is 6.92 Å². The van der Waals surface area contributed by atoms with Gasteiger partial charge in [-0.2, -0.15) is 0 Å². The van der Waals surface area contributed by atoms with Crippen molar-refractivity contribution in [2.75, 3.05) is 11.9 Å². The van der Waals surface area contributed by atoms with Crippen LogP contribution in [0.3, 0.4) is 0 Å². The number of pyridine rings is 1. The van der Waals surface area contributed by atoms with Crippen molar-refractivity contribution >= 4 is 16.6 Å². The van der Waals surface area contributed by atoms with Crippen molar-refractivity contribution < 1.29 is 10.2 Å². The summed E-state index contributed by atoms with van der Waals surface area (Å²) in [7, 11) is 0. The average Bonchev–Trinajstić information content (AvgIpc) is 2.42. The molecule has 0 saturated heterocycles. The molecule has 1 atom stereocenters. The number of aryl methyl sites for hydroxylation is 1. The fourth-order valence-corrected chi connectivity index (χ4v) is 2.24. The van der Waals surface area contributed by atoms with Gasteiger partial charge in [0.1, 0.15) is 0 Å². The van der Waals surface area contributed by atoms with Gasteiger partial charge in [-0.3, -0.25) is 4.98 Å². The van der Waals surface area contributed by atoms with E-state index in [4.69, 9.17) is 5.73 Å². The number of anilines is 1. The minimum absolute atomic E-state index is 0.132. The number of rotatable bonds is 5. The summed E-state index contributed by atoms with van der Waals surface area (Å²) in [6.07, 6.45) is 1.87. The lowest BCUT2D eigenvalue weighted by Gasteiger charge is -2.17. The van der Waals surface area contributed by atoms with Gasteiger partial charge < -0.3 is 21.3 Å². The molecule has 0 fully saturated rings. The second-order valence-electron chi connectivity index (χ2n) is 5.12. The number of benzene rings is 1. The largest absolute Gasteiger partial charge is 0.504 e. The predicted molar refractivity (Wildman–Crippen MR) is 81.2 cm³/mol. The first-order valence-corrected chi connectivity index (χ1v) is 6.81. The van der Waals surface area contributed by atoms with E-state index in [-0.39, 0.29) is 17.5 Å². The highest BCUT2D eigenvalue weighted by atomic mass is 16.3. The molecule has 0 radical (unpaired) electrons. The second kappa shape index (κ2) is 5.96. The van der Waals surface area contributed by atoms with Crippen LogP contribution in [0.5, 0.6) is 11.5 Å². The molecule has 0 saturated carbocycles. The van der Waals surface area contributed by atoms with Gasteiger partial charge in [0.2, 0.25) is 0 Å². The fourth-order valence-electron chi connectivity index (χ4n) is 2.24. The van der Waals surface area contributed by atoms with E-state index in [1.165, 1.54) is 6.07 Å². The summed E-state index contributed by atoms with van der Waals surface area (Å²) in [6.45, 7) is 4.61. The SMILES string of the molecule is Cc1ccc2c(O)c(O)cc(NC(C)CCCN)c2n1. The van der Waals surface area contributed by atoms with Gasteiger partial charge in [0.25, 0.3) is 0 Å². The zero-order valence-corrected chi connectivity index (χ0v) is 11.8. The van der Waals surface area contributed by atoms with Crippen LogP contribution in [0.4, 0.5) is 5.69 Å². The zero-order valence-electron chi connectivity index (χ0n) is 11.8. The van der Waals surface area contributed by atoms with Gasteiger partial charge in [0.15, 0.2) is 11.5 Å². The molecule has 1 aromatic heterocycles. The molecule has 0 aliphatic heterocycles. The minimum atomic E-state index is -0.142. The molecular weight excluding hydrogens is 254 g/mol. The minimum Gasteiger partial charge on any atom is -0.504 e. The number of hydrogen-bond acceptors (Lipinski definition) is 5. The summed E-state index contributed by atoms with van der Waals surface area (Å²) in [5.74, 6) is -0.274. The standard InChI is InChI=1S/C15H21N3O2/c1-9(4-3-7-16)17-12-8-13(19)15(20)11-6-5-10(2)18-14(11)12/h5-6,8-9,17,19-20H,3-4,7,16H2,1-2H3. The highest BCUT2D eigenvalue weighted by Crippen LogP contribution is 2.38. The molecule has 1 unspecified atom stereocenters. The monoisotopic (exact) mass is 275 g/mol. The van der Waals surface area contributed by atoms with E-state index in [0.29, 0.717) is 17.4 Å². The van der Waals surface area contributed by atoms with Crippen LogP contribution in [0.2, 0.25) is 0 Å². The first kappa shape index (κ1) is 14.4. The van der Waals surface area contributed by atoms with Crippen molar-refractivity contribution in [1.82, 2.24) is 4.98 Å². The smallest absolute Gasteiger partial charge is 0.167 e. The van der Waals surface area contributed by atoms with Gasteiger partial charge in [0.05, 0.1) is 11.2 Å². The number of phenolic OH excluding ortho intramolecular Hbond substituents is 2. The number of nitrogens with two attached hydrogens (primary N) is 1. The molecule has 1 heterocycles. The van der Waals surface area contributed by atoms with Crippen LogP contribution in [-0.4, -0.2) is 27.8 Å². The van der Waals surface area contributed by atoms with E-state index in [1.54, 1.807) is 6.07 Å². The van der Waals surface area contributed by atoms with Crippen molar-refractivity contribution in [1.29, 1.82) is 0 Å². The lowest BCUT2D eigenvalue weighted by Crippen LogP contribution is -2.17. The molecule has 2 aromatic rings. The molecule has 0 aliphatic carbocycles. The summed E-state index contributed by atoms with van der Waals surface area (Å²) in [6, 6.07) is 5.31. The number of nitrogens with zero attached hydrogens (tertiary/aromatic N) is 1. The van der Waals surface area contributed by atoms with Crippen molar-refractivity contribution in [3.63, 3.8) is 0 Å². The number of phenols is 2. The molecule has 2 rings (SSSR count). The van der Waals surface area contributed by atoms with E-state index in [0.717, 1.165) is 24.2 Å². The molecule has 0 amide bonds. The van der Waals surface area contributed by atoms with Gasteiger partial charge in [0, 0.05) is 23.2 Å². The third-order valence-corrected chi connectivity index (χ3v) is 3.31. The predicted octanol–water partition coefficient (Wildman–Crippen LogP) is 2.49. The van der Waals surface area contributed by atoms with Gasteiger partial charge in [-0.25, -0.2) is 0 Å². The molecule has 20 heavy (non-hydrogen) atoms. The zero-order chi connectivity index (χ0) is 14.7. The fraction of sp³-hybridized carbons (Fsp3) is 0.400. The van der Waals surface area contributed by atoms with Crippen LogP contribution >= 0.6 is 0 Å². The Labute approximate surface area is 118 Å². The molecule has 108 valence electrons. The molecule has 5 nitrogen and oxygen atoms in total. The van der Waals surface area contributed by atoms with Gasteiger partial charge >= 0.3 is 0 Å². The molecule has 0 spiro atoms. The van der Waals surface area contributed by atoms with E-state index >= 15 is 0 Å². The van der Waals surface area contributed by atoms with Crippen LogP contribution in [0.15, 0.2) is 18.2 Å². The van der Waals surface area contributed by atoms with Crippen molar-refractivity contribution in [2.24, 2.45) is 5.73 Å². The van der Waals surface area contributed by atoms with E-state index in [9.17, 15) is 10.2 Å². The highest BCUT2D eigenvalue weighted by molar-refractivity contribution is 5.97. The Morgan fingerprint density at radius 3 is 2.80 bits per heavy atom. The summed E-state index contributed by atoms with van der Waals surface area (Å²) < 4.78 is 0. The number of nitrogens with one attached hydrogen (secondary N) is 1. The van der Waals surface area contributed by atoms with Crippen molar-refractivity contribution in [2.45, 2.75) is 32.7 Å². The molecule has 0 bridgehead atoms. The van der Waals surface area contributed by atoms with E-state index < -0.39 is 0 Å². The third kappa shape index (κ3) is 2.93.